The van der Waals surface area contributed by atoms with Crippen LogP contribution in [0.15, 0.2) is 204 Å². The number of thiophene rings is 1. The maximum Gasteiger partial charge on any atom is 0.159 e. The molecule has 258 valence electrons. The third-order valence-corrected chi connectivity index (χ3v) is 11.9. The molecule has 11 rings (SSSR count). The van der Waals surface area contributed by atoms with E-state index in [4.69, 9.17) is 11.3 Å². The molecule has 0 amide bonds. The smallest absolute Gasteiger partial charge is 0.159 e. The van der Waals surface area contributed by atoms with Gasteiger partial charge in [0, 0.05) is 31.9 Å². The average molecular weight is 725 g/mol. The lowest BCUT2D eigenvalue weighted by atomic mass is 9.92. The first kappa shape index (κ1) is 26.8. The highest BCUT2D eigenvalue weighted by atomic mass is 32.1. The minimum atomic E-state index is -0.402. The Morgan fingerprint density at radius 3 is 1.75 bits per heavy atom. The van der Waals surface area contributed by atoms with E-state index in [1.54, 1.807) is 0 Å². The Morgan fingerprint density at radius 2 is 0.982 bits per heavy atom. The Labute approximate surface area is 329 Å². The summed E-state index contributed by atoms with van der Waals surface area (Å²) in [4.78, 5) is 2.31. The van der Waals surface area contributed by atoms with E-state index in [1.807, 2.05) is 65.9 Å². The molecule has 2 nitrogen and oxygen atoms in total. The Hall–Kier alpha value is -6.94. The van der Waals surface area contributed by atoms with Gasteiger partial charge in [-0.15, -0.1) is 11.3 Å². The summed E-state index contributed by atoms with van der Waals surface area (Å²) in [5, 5.41) is 6.25. The van der Waals surface area contributed by atoms with Crippen LogP contribution in [0.5, 0.6) is 0 Å². The third kappa shape index (κ3) is 5.16. The van der Waals surface area contributed by atoms with Gasteiger partial charge in [0.15, 0.2) is 5.58 Å². The van der Waals surface area contributed by atoms with Crippen molar-refractivity contribution in [3.05, 3.63) is 200 Å². The van der Waals surface area contributed by atoms with Crippen LogP contribution < -0.4 is 4.90 Å². The van der Waals surface area contributed by atoms with E-state index in [9.17, 15) is 0 Å². The van der Waals surface area contributed by atoms with Gasteiger partial charge < -0.3 is 9.32 Å². The summed E-state index contributed by atoms with van der Waals surface area (Å²) in [5.74, 6) is 0. The monoisotopic (exact) mass is 724 g/mol. The fourth-order valence-corrected chi connectivity index (χ4v) is 9.43. The lowest BCUT2D eigenvalue weighted by Crippen LogP contribution is -2.10. The van der Waals surface area contributed by atoms with E-state index in [0.717, 1.165) is 60.9 Å². The van der Waals surface area contributed by atoms with Crippen LogP contribution in [-0.4, -0.2) is 0 Å². The summed E-state index contributed by atoms with van der Waals surface area (Å²) in [6, 6.07) is 57.0. The van der Waals surface area contributed by atoms with Gasteiger partial charge in [0.25, 0.3) is 0 Å². The first-order valence-electron chi connectivity index (χ1n) is 20.8. The summed E-state index contributed by atoms with van der Waals surface area (Å²) in [6.45, 7) is 0. The lowest BCUT2D eigenvalue weighted by Gasteiger charge is -2.26. The predicted molar refractivity (Wildman–Crippen MR) is 235 cm³/mol. The first-order chi connectivity index (χ1) is 29.4. The third-order valence-electron chi connectivity index (χ3n) is 10.6. The summed E-state index contributed by atoms with van der Waals surface area (Å²) in [6.07, 6.45) is 0. The minimum absolute atomic E-state index is 0.195. The molecule has 9 aromatic carbocycles. The molecule has 0 N–H and O–H groups in total. The van der Waals surface area contributed by atoms with Crippen molar-refractivity contribution in [1.82, 2.24) is 0 Å². The number of para-hydroxylation sites is 2. The average Bonchev–Trinajstić information content (AvgIpc) is 3.88. The fraction of sp³-hybridized carbons (Fsp3) is 0. The zero-order chi connectivity index (χ0) is 40.6. The minimum Gasteiger partial charge on any atom is -0.454 e. The molecule has 0 saturated carbocycles. The topological polar surface area (TPSA) is 16.4 Å². The van der Waals surface area contributed by atoms with Gasteiger partial charge in [-0.3, -0.25) is 0 Å². The van der Waals surface area contributed by atoms with E-state index in [2.05, 4.69) is 120 Å². The molecule has 0 unspecified atom stereocenters. The molecule has 0 aliphatic heterocycles. The number of anilines is 3. The number of rotatable bonds is 6. The fourth-order valence-electron chi connectivity index (χ4n) is 8.09. The van der Waals surface area contributed by atoms with Crippen molar-refractivity contribution in [3.8, 4) is 33.4 Å². The molecule has 0 aliphatic carbocycles. The van der Waals surface area contributed by atoms with Crippen LogP contribution in [0.4, 0.5) is 17.1 Å². The number of hydrogen-bond donors (Lipinski definition) is 0. The van der Waals surface area contributed by atoms with Gasteiger partial charge in [0.05, 0.1) is 22.9 Å². The highest BCUT2D eigenvalue weighted by Crippen LogP contribution is 2.49. The molecule has 0 spiro atoms. The summed E-state index contributed by atoms with van der Waals surface area (Å²) in [5.41, 5.74) is 9.71. The van der Waals surface area contributed by atoms with Gasteiger partial charge in [-0.1, -0.05) is 170 Å². The second kappa shape index (κ2) is 12.9. The lowest BCUT2D eigenvalue weighted by molar-refractivity contribution is 0.669. The Kier molecular flexibility index (Phi) is 6.27. The molecular weight excluding hydrogens is 687 g/mol. The van der Waals surface area contributed by atoms with Crippen molar-refractivity contribution in [2.75, 3.05) is 4.90 Å². The normalized spacial score (nSPS) is 12.9. The van der Waals surface area contributed by atoms with Crippen molar-refractivity contribution in [1.29, 1.82) is 0 Å². The van der Waals surface area contributed by atoms with Gasteiger partial charge in [-0.25, -0.2) is 0 Å². The van der Waals surface area contributed by atoms with E-state index in [0.29, 0.717) is 5.56 Å². The van der Waals surface area contributed by atoms with Crippen molar-refractivity contribution >= 4 is 81.3 Å². The highest BCUT2D eigenvalue weighted by molar-refractivity contribution is 7.27. The number of furan rings is 1. The molecule has 11 aromatic rings. The molecule has 0 fully saturated rings. The number of nitrogens with zero attached hydrogens (tertiary/aromatic N) is 1. The number of fused-ring (bicyclic) bond motifs is 7. The molecule has 0 saturated heterocycles. The maximum atomic E-state index is 8.70. The highest BCUT2D eigenvalue weighted by Gasteiger charge is 2.23. The molecule has 0 radical (unpaired) electrons. The van der Waals surface area contributed by atoms with E-state index in [1.165, 1.54) is 31.3 Å². The quantitative estimate of drug-likeness (QED) is 0.170. The van der Waals surface area contributed by atoms with Crippen molar-refractivity contribution in [3.63, 3.8) is 0 Å². The zero-order valence-corrected chi connectivity index (χ0v) is 30.2. The molecular formula is C52H33NOS. The van der Waals surface area contributed by atoms with Gasteiger partial charge in [0.1, 0.15) is 5.58 Å². The Balaban J connectivity index is 1.10. The van der Waals surface area contributed by atoms with E-state index in [-0.39, 0.29) is 29.7 Å². The first-order valence-corrected chi connectivity index (χ1v) is 19.1. The SMILES string of the molecule is [2H]c1c([2H])c([2H])c(-c2ccc(-c3ccc(N(c4cccc5c4oc4ccccc45)c4cccc5c4sc4c(-c6ccccc6)cccc45)cc3)c3ccccc23)c([2H])c1[2H]. The van der Waals surface area contributed by atoms with Gasteiger partial charge in [-0.2, -0.15) is 0 Å². The molecule has 3 heteroatoms. The van der Waals surface area contributed by atoms with Crippen molar-refractivity contribution in [2.45, 2.75) is 0 Å². The van der Waals surface area contributed by atoms with Crippen LogP contribution in [0.3, 0.4) is 0 Å². The van der Waals surface area contributed by atoms with Crippen LogP contribution in [0.2, 0.25) is 0 Å². The van der Waals surface area contributed by atoms with Crippen LogP contribution in [0, 0.1) is 0 Å². The van der Waals surface area contributed by atoms with Crippen LogP contribution >= 0.6 is 11.3 Å². The molecule has 2 heterocycles. The molecule has 55 heavy (non-hydrogen) atoms. The van der Waals surface area contributed by atoms with Crippen molar-refractivity contribution in [2.24, 2.45) is 0 Å². The number of benzene rings is 9. The van der Waals surface area contributed by atoms with Crippen molar-refractivity contribution < 1.29 is 11.3 Å². The van der Waals surface area contributed by atoms with E-state index < -0.39 is 6.04 Å². The molecule has 0 aliphatic rings. The second-order valence-electron chi connectivity index (χ2n) is 13.6. The van der Waals surface area contributed by atoms with Gasteiger partial charge in [-0.05, 0) is 74.5 Å². The summed E-state index contributed by atoms with van der Waals surface area (Å²) in [7, 11) is 0. The van der Waals surface area contributed by atoms with Crippen LogP contribution in [0.25, 0.3) is 86.3 Å². The predicted octanol–water partition coefficient (Wildman–Crippen LogP) is 15.6. The summed E-state index contributed by atoms with van der Waals surface area (Å²) < 4.78 is 51.3. The summed E-state index contributed by atoms with van der Waals surface area (Å²) >= 11 is 1.81. The van der Waals surface area contributed by atoms with E-state index >= 15 is 0 Å². The Bertz CT molecular complexity index is 3470. The Morgan fingerprint density at radius 1 is 0.400 bits per heavy atom. The number of hydrogen-bond acceptors (Lipinski definition) is 3. The zero-order valence-electron chi connectivity index (χ0n) is 34.4. The molecule has 2 aromatic heterocycles. The largest absolute Gasteiger partial charge is 0.454 e. The standard InChI is InChI=1S/C52H33NOS/c1-3-14-34(15-4-1)38-32-33-39(42-19-8-7-18-41(38)42)36-28-30-37(31-29-36)53(47-25-12-22-44-43-20-9-10-27-49(43)54-50(44)47)48-26-13-24-46-45-23-11-21-40(51(45)55-52(46)48)35-16-5-2-6-17-35/h1-33H/i1D,3D,4D,14D,15D. The maximum absolute atomic E-state index is 8.70. The molecule has 0 atom stereocenters. The molecule has 0 bridgehead atoms. The van der Waals surface area contributed by atoms with Crippen LogP contribution in [-0.2, 0) is 0 Å². The van der Waals surface area contributed by atoms with Gasteiger partial charge >= 0.3 is 0 Å². The van der Waals surface area contributed by atoms with Crippen LogP contribution in [0.1, 0.15) is 6.85 Å². The second-order valence-corrected chi connectivity index (χ2v) is 14.7. The van der Waals surface area contributed by atoms with Gasteiger partial charge in [0.2, 0.25) is 0 Å².